The van der Waals surface area contributed by atoms with Crippen LogP contribution in [0.3, 0.4) is 0 Å². The van der Waals surface area contributed by atoms with E-state index in [2.05, 4.69) is 10.6 Å². The van der Waals surface area contributed by atoms with Gasteiger partial charge in [-0.15, -0.1) is 12.4 Å². The molecule has 0 aromatic heterocycles. The Hall–Kier alpha value is -2.83. The number of nitrogens with zero attached hydrogens (tertiary/aromatic N) is 1. The number of anilines is 2. The number of aliphatic hydroxyl groups is 1. The zero-order valence-electron chi connectivity index (χ0n) is 18.7. The predicted molar refractivity (Wildman–Crippen MR) is 140 cm³/mol. The molecule has 1 aliphatic rings. The van der Waals surface area contributed by atoms with Gasteiger partial charge in [0.15, 0.2) is 11.6 Å². The van der Waals surface area contributed by atoms with Crippen LogP contribution in [0.25, 0.3) is 0 Å². The quantitative estimate of drug-likeness (QED) is 0.338. The van der Waals surface area contributed by atoms with Crippen LogP contribution in [0.5, 0.6) is 0 Å². The van der Waals surface area contributed by atoms with Crippen molar-refractivity contribution in [2.24, 2.45) is 0 Å². The van der Waals surface area contributed by atoms with Crippen molar-refractivity contribution in [1.29, 1.82) is 0 Å². The summed E-state index contributed by atoms with van der Waals surface area (Å²) < 4.78 is 43.4. The standard InChI is InChI=1S/C25H21F3IN3O3.ClH/c26-18-8-7-17(23(22(18)28)31-20-9-6-16(29)11-19(20)27)24(34)32-13-25(35,14-32)12-30-21(33)10-15-4-2-1-3-5-15;/h1-9,11,31,35H,10,12-14H2,(H,30,33);1H. The van der Waals surface area contributed by atoms with Crippen molar-refractivity contribution in [2.75, 3.05) is 25.0 Å². The van der Waals surface area contributed by atoms with Crippen LogP contribution in [0.15, 0.2) is 60.7 Å². The average molecular weight is 632 g/mol. The molecular weight excluding hydrogens is 610 g/mol. The molecule has 1 aliphatic heterocycles. The lowest BCUT2D eigenvalue weighted by Crippen LogP contribution is -2.67. The third-order valence-corrected chi connectivity index (χ3v) is 6.27. The van der Waals surface area contributed by atoms with E-state index in [1.54, 1.807) is 6.07 Å². The van der Waals surface area contributed by atoms with E-state index in [1.807, 2.05) is 52.9 Å². The molecule has 36 heavy (non-hydrogen) atoms. The normalized spacial score (nSPS) is 13.9. The molecule has 6 nitrogen and oxygen atoms in total. The van der Waals surface area contributed by atoms with Gasteiger partial charge in [-0.1, -0.05) is 30.3 Å². The molecule has 0 atom stereocenters. The number of hydrogen-bond donors (Lipinski definition) is 3. The van der Waals surface area contributed by atoms with Crippen molar-refractivity contribution in [2.45, 2.75) is 12.0 Å². The van der Waals surface area contributed by atoms with Gasteiger partial charge in [0, 0.05) is 10.1 Å². The third kappa shape index (κ3) is 6.29. The fraction of sp³-hybridized carbons (Fsp3) is 0.200. The Kier molecular flexibility index (Phi) is 8.85. The second-order valence-corrected chi connectivity index (χ2v) is 9.60. The summed E-state index contributed by atoms with van der Waals surface area (Å²) in [7, 11) is 0. The number of rotatable bonds is 7. The zero-order valence-corrected chi connectivity index (χ0v) is 21.7. The van der Waals surface area contributed by atoms with Gasteiger partial charge in [-0.2, -0.15) is 0 Å². The molecule has 1 fully saturated rings. The first-order valence-corrected chi connectivity index (χ1v) is 11.8. The van der Waals surface area contributed by atoms with Crippen LogP contribution in [-0.4, -0.2) is 47.1 Å². The monoisotopic (exact) mass is 631 g/mol. The minimum Gasteiger partial charge on any atom is -0.384 e. The van der Waals surface area contributed by atoms with Crippen molar-refractivity contribution >= 4 is 58.2 Å². The Morgan fingerprint density at radius 2 is 1.69 bits per heavy atom. The first-order chi connectivity index (χ1) is 16.6. The molecule has 3 aromatic carbocycles. The number of likely N-dealkylation sites (tertiary alicyclic amines) is 1. The Morgan fingerprint density at radius 3 is 2.36 bits per heavy atom. The van der Waals surface area contributed by atoms with Gasteiger partial charge in [-0.3, -0.25) is 9.59 Å². The van der Waals surface area contributed by atoms with Gasteiger partial charge >= 0.3 is 0 Å². The van der Waals surface area contributed by atoms with Crippen LogP contribution < -0.4 is 10.6 Å². The lowest BCUT2D eigenvalue weighted by Gasteiger charge is -2.46. The molecule has 0 spiro atoms. The highest BCUT2D eigenvalue weighted by atomic mass is 127. The number of carbonyl (C=O) groups is 2. The van der Waals surface area contributed by atoms with Gasteiger partial charge in [-0.25, -0.2) is 13.2 Å². The van der Waals surface area contributed by atoms with E-state index in [9.17, 15) is 27.9 Å². The van der Waals surface area contributed by atoms with E-state index in [1.165, 1.54) is 17.0 Å². The summed E-state index contributed by atoms with van der Waals surface area (Å²) >= 11 is 1.91. The van der Waals surface area contributed by atoms with Crippen LogP contribution in [0.1, 0.15) is 15.9 Å². The van der Waals surface area contributed by atoms with E-state index in [0.717, 1.165) is 17.7 Å². The minimum atomic E-state index is -1.35. The third-order valence-electron chi connectivity index (χ3n) is 5.60. The van der Waals surface area contributed by atoms with Crippen molar-refractivity contribution < 1.29 is 27.9 Å². The Bertz CT molecular complexity index is 1270. The number of benzene rings is 3. The molecule has 2 amide bonds. The molecule has 1 heterocycles. The maximum atomic E-state index is 14.6. The summed E-state index contributed by atoms with van der Waals surface area (Å²) in [5.74, 6) is -4.16. The van der Waals surface area contributed by atoms with E-state index >= 15 is 0 Å². The molecule has 190 valence electrons. The number of β-amino-alcohol motifs (C(OH)–C–C–N with tert-alkyl or cyclic N) is 1. The highest BCUT2D eigenvalue weighted by Crippen LogP contribution is 2.31. The average Bonchev–Trinajstić information content (AvgIpc) is 2.81. The molecular formula is C25H22ClF3IN3O3. The second-order valence-electron chi connectivity index (χ2n) is 8.36. The molecule has 1 saturated heterocycles. The van der Waals surface area contributed by atoms with Crippen LogP contribution in [0, 0.1) is 21.0 Å². The van der Waals surface area contributed by atoms with Crippen molar-refractivity contribution in [1.82, 2.24) is 10.2 Å². The van der Waals surface area contributed by atoms with E-state index < -0.39 is 34.6 Å². The predicted octanol–water partition coefficient (Wildman–Crippen LogP) is 4.42. The SMILES string of the molecule is Cl.O=C(Cc1ccccc1)NCC1(O)CN(C(=O)c2ccc(F)c(F)c2Nc2ccc(I)cc2F)C1. The first-order valence-electron chi connectivity index (χ1n) is 10.7. The zero-order chi connectivity index (χ0) is 25.2. The molecule has 11 heteroatoms. The van der Waals surface area contributed by atoms with E-state index in [4.69, 9.17) is 0 Å². The number of carbonyl (C=O) groups excluding carboxylic acids is 2. The second kappa shape index (κ2) is 11.5. The highest BCUT2D eigenvalue weighted by Gasteiger charge is 2.44. The van der Waals surface area contributed by atoms with Crippen molar-refractivity contribution in [3.8, 4) is 0 Å². The lowest BCUT2D eigenvalue weighted by atomic mass is 9.92. The van der Waals surface area contributed by atoms with Gasteiger partial charge in [0.1, 0.15) is 11.4 Å². The summed E-state index contributed by atoms with van der Waals surface area (Å²) in [6, 6.07) is 15.2. The van der Waals surface area contributed by atoms with Gasteiger partial charge in [-0.05, 0) is 58.5 Å². The maximum Gasteiger partial charge on any atom is 0.256 e. The first kappa shape index (κ1) is 27.8. The van der Waals surface area contributed by atoms with E-state index in [-0.39, 0.29) is 55.6 Å². The number of amides is 2. The Labute approximate surface area is 225 Å². The summed E-state index contributed by atoms with van der Waals surface area (Å²) in [6.07, 6.45) is 0.151. The lowest BCUT2D eigenvalue weighted by molar-refractivity contribution is -0.124. The highest BCUT2D eigenvalue weighted by molar-refractivity contribution is 14.1. The molecule has 0 aliphatic carbocycles. The summed E-state index contributed by atoms with van der Waals surface area (Å²) in [6.45, 7) is -0.305. The molecule has 4 rings (SSSR count). The maximum absolute atomic E-state index is 14.6. The Morgan fingerprint density at radius 1 is 1.00 bits per heavy atom. The fourth-order valence-electron chi connectivity index (χ4n) is 3.77. The number of nitrogens with one attached hydrogen (secondary N) is 2. The molecule has 0 bridgehead atoms. The molecule has 0 unspecified atom stereocenters. The van der Waals surface area contributed by atoms with Crippen LogP contribution in [-0.2, 0) is 11.2 Å². The van der Waals surface area contributed by atoms with Crippen molar-refractivity contribution in [3.63, 3.8) is 0 Å². The fourth-order valence-corrected chi connectivity index (χ4v) is 4.23. The molecule has 3 N–H and O–H groups in total. The smallest absolute Gasteiger partial charge is 0.256 e. The summed E-state index contributed by atoms with van der Waals surface area (Å²) in [4.78, 5) is 26.4. The van der Waals surface area contributed by atoms with Crippen LogP contribution in [0.4, 0.5) is 24.5 Å². The van der Waals surface area contributed by atoms with Crippen molar-refractivity contribution in [3.05, 3.63) is 92.8 Å². The summed E-state index contributed by atoms with van der Waals surface area (Å²) in [5.41, 5.74) is -1.36. The van der Waals surface area contributed by atoms with Gasteiger partial charge in [0.05, 0.1) is 36.4 Å². The largest absolute Gasteiger partial charge is 0.384 e. The Balaban J connectivity index is 0.00000361. The topological polar surface area (TPSA) is 81.7 Å². The molecule has 3 aromatic rings. The summed E-state index contributed by atoms with van der Waals surface area (Å²) in [5, 5.41) is 15.8. The van der Waals surface area contributed by atoms with Crippen LogP contribution >= 0.6 is 35.0 Å². The molecule has 0 saturated carbocycles. The number of hydrogen-bond acceptors (Lipinski definition) is 4. The van der Waals surface area contributed by atoms with E-state index in [0.29, 0.717) is 3.57 Å². The van der Waals surface area contributed by atoms with Gasteiger partial charge in [0.2, 0.25) is 5.91 Å². The minimum absolute atomic E-state index is 0. The number of halogens is 5. The van der Waals surface area contributed by atoms with Gasteiger partial charge in [0.25, 0.3) is 5.91 Å². The van der Waals surface area contributed by atoms with Crippen LogP contribution in [0.2, 0.25) is 0 Å². The van der Waals surface area contributed by atoms with Gasteiger partial charge < -0.3 is 20.6 Å². The molecule has 0 radical (unpaired) electrons.